The molecule has 2 amide bonds. The van der Waals surface area contributed by atoms with Crippen LogP contribution < -0.4 is 9.80 Å². The highest BCUT2D eigenvalue weighted by molar-refractivity contribution is 6.05. The van der Waals surface area contributed by atoms with Gasteiger partial charge in [-0.05, 0) is 78.5 Å². The molecule has 2 aromatic carbocycles. The number of carbonyl (C=O) groups is 2. The molecule has 144 valence electrons. The molecule has 1 aliphatic carbocycles. The maximum absolute atomic E-state index is 12.6. The first-order chi connectivity index (χ1) is 13.6. The third-order valence-corrected chi connectivity index (χ3v) is 6.49. The maximum atomic E-state index is 12.6. The molecule has 1 fully saturated rings. The molecular weight excluding hydrogens is 348 g/mol. The molecule has 5 rings (SSSR count). The molecule has 4 nitrogen and oxygen atoms in total. The predicted octanol–water partition coefficient (Wildman–Crippen LogP) is 4.27. The van der Waals surface area contributed by atoms with E-state index < -0.39 is 0 Å². The smallest absolute Gasteiger partial charge is 0.227 e. The number of aryl methyl sites for hydroxylation is 1. The number of hydrogen-bond acceptors (Lipinski definition) is 2. The van der Waals surface area contributed by atoms with Gasteiger partial charge in [0.25, 0.3) is 0 Å². The first-order valence-corrected chi connectivity index (χ1v) is 10.5. The zero-order chi connectivity index (χ0) is 19.3. The molecule has 2 aliphatic heterocycles. The van der Waals surface area contributed by atoms with Gasteiger partial charge in [0.1, 0.15) is 0 Å². The van der Waals surface area contributed by atoms with E-state index in [1.54, 1.807) is 6.92 Å². The number of anilines is 2. The highest BCUT2D eigenvalue weighted by Gasteiger charge is 2.32. The maximum Gasteiger partial charge on any atom is 0.227 e. The first-order valence-electron chi connectivity index (χ1n) is 10.5. The highest BCUT2D eigenvalue weighted by Crippen LogP contribution is 2.44. The average molecular weight is 374 g/mol. The van der Waals surface area contributed by atoms with Gasteiger partial charge in [-0.2, -0.15) is 0 Å². The minimum absolute atomic E-state index is 0.0523. The number of rotatable bonds is 2. The number of benzene rings is 2. The van der Waals surface area contributed by atoms with Gasteiger partial charge in [0.15, 0.2) is 0 Å². The van der Waals surface area contributed by atoms with Crippen molar-refractivity contribution < 1.29 is 9.59 Å². The van der Waals surface area contributed by atoms with Crippen molar-refractivity contribution in [2.75, 3.05) is 22.9 Å². The van der Waals surface area contributed by atoms with Gasteiger partial charge >= 0.3 is 0 Å². The molecule has 0 aromatic heterocycles. The predicted molar refractivity (Wildman–Crippen MR) is 112 cm³/mol. The molecule has 0 bridgehead atoms. The third-order valence-electron chi connectivity index (χ3n) is 6.49. The summed E-state index contributed by atoms with van der Waals surface area (Å²) >= 11 is 0. The second-order valence-electron chi connectivity index (χ2n) is 8.22. The lowest BCUT2D eigenvalue weighted by molar-refractivity contribution is -0.117. The minimum Gasteiger partial charge on any atom is -0.310 e. The Morgan fingerprint density at radius 2 is 1.79 bits per heavy atom. The van der Waals surface area contributed by atoms with Crippen molar-refractivity contribution in [2.45, 2.75) is 51.9 Å². The zero-order valence-corrected chi connectivity index (χ0v) is 16.5. The van der Waals surface area contributed by atoms with Crippen LogP contribution in [0.4, 0.5) is 11.4 Å². The van der Waals surface area contributed by atoms with Gasteiger partial charge < -0.3 is 9.80 Å². The van der Waals surface area contributed by atoms with Crippen LogP contribution in [0.25, 0.3) is 11.1 Å². The molecule has 0 N–H and O–H groups in total. The molecule has 0 radical (unpaired) electrons. The summed E-state index contributed by atoms with van der Waals surface area (Å²) in [7, 11) is 0. The Morgan fingerprint density at radius 3 is 2.57 bits per heavy atom. The van der Waals surface area contributed by atoms with Crippen LogP contribution in [-0.4, -0.2) is 24.9 Å². The van der Waals surface area contributed by atoms with Crippen molar-refractivity contribution in [3.63, 3.8) is 0 Å². The van der Waals surface area contributed by atoms with Gasteiger partial charge in [0, 0.05) is 26.4 Å². The molecule has 0 spiro atoms. The monoisotopic (exact) mass is 374 g/mol. The first kappa shape index (κ1) is 17.5. The molecule has 4 heteroatoms. The number of hydrogen-bond donors (Lipinski definition) is 0. The minimum atomic E-state index is 0.0523. The van der Waals surface area contributed by atoms with Crippen LogP contribution in [0.5, 0.6) is 0 Å². The van der Waals surface area contributed by atoms with Crippen molar-refractivity contribution in [1.82, 2.24) is 0 Å². The van der Waals surface area contributed by atoms with Crippen molar-refractivity contribution >= 4 is 23.2 Å². The van der Waals surface area contributed by atoms with E-state index in [-0.39, 0.29) is 11.8 Å². The van der Waals surface area contributed by atoms with Crippen molar-refractivity contribution in [3.8, 4) is 11.1 Å². The number of fused-ring (bicyclic) bond motifs is 2. The van der Waals surface area contributed by atoms with E-state index in [1.807, 2.05) is 9.80 Å². The second kappa shape index (κ2) is 6.77. The molecule has 3 aliphatic rings. The van der Waals surface area contributed by atoms with Crippen LogP contribution in [0.2, 0.25) is 0 Å². The summed E-state index contributed by atoms with van der Waals surface area (Å²) < 4.78 is 0. The topological polar surface area (TPSA) is 40.6 Å². The Kier molecular flexibility index (Phi) is 4.22. The van der Waals surface area contributed by atoms with E-state index in [0.29, 0.717) is 13.0 Å². The lowest BCUT2D eigenvalue weighted by Gasteiger charge is -2.26. The van der Waals surface area contributed by atoms with Crippen LogP contribution in [-0.2, 0) is 28.9 Å². The Labute approximate surface area is 166 Å². The summed E-state index contributed by atoms with van der Waals surface area (Å²) in [6, 6.07) is 11.1. The average Bonchev–Trinajstić information content (AvgIpc) is 3.33. The Morgan fingerprint density at radius 1 is 0.929 bits per heavy atom. The fraction of sp³-hybridized carbons (Fsp3) is 0.417. The lowest BCUT2D eigenvalue weighted by Crippen LogP contribution is -2.30. The molecule has 0 saturated carbocycles. The summed E-state index contributed by atoms with van der Waals surface area (Å²) in [5, 5.41) is 0. The molecule has 2 heterocycles. The molecular formula is C24H26N2O2. The molecule has 1 saturated heterocycles. The summed E-state index contributed by atoms with van der Waals surface area (Å²) in [5.74, 6) is 0.223. The summed E-state index contributed by atoms with van der Waals surface area (Å²) in [6.07, 6.45) is 7.13. The van der Waals surface area contributed by atoms with Gasteiger partial charge in [-0.15, -0.1) is 0 Å². The lowest BCUT2D eigenvalue weighted by atomic mass is 9.85. The zero-order valence-electron chi connectivity index (χ0n) is 16.5. The van der Waals surface area contributed by atoms with E-state index in [0.717, 1.165) is 43.6 Å². The van der Waals surface area contributed by atoms with E-state index in [4.69, 9.17) is 0 Å². The Hall–Kier alpha value is -2.62. The second-order valence-corrected chi connectivity index (χ2v) is 8.22. The molecule has 2 aromatic rings. The largest absolute Gasteiger partial charge is 0.310 e. The van der Waals surface area contributed by atoms with Gasteiger partial charge in [0.05, 0.1) is 11.4 Å². The van der Waals surface area contributed by atoms with Gasteiger partial charge in [-0.1, -0.05) is 18.2 Å². The van der Waals surface area contributed by atoms with Crippen LogP contribution in [0.3, 0.4) is 0 Å². The quantitative estimate of drug-likeness (QED) is 0.788. The fourth-order valence-electron chi connectivity index (χ4n) is 5.15. The summed E-state index contributed by atoms with van der Waals surface area (Å²) in [4.78, 5) is 28.5. The molecule has 0 unspecified atom stereocenters. The van der Waals surface area contributed by atoms with Crippen LogP contribution >= 0.6 is 0 Å². The normalized spacial score (nSPS) is 18.4. The van der Waals surface area contributed by atoms with Gasteiger partial charge in [0.2, 0.25) is 11.8 Å². The highest BCUT2D eigenvalue weighted by atomic mass is 16.2. The third kappa shape index (κ3) is 2.74. The van der Waals surface area contributed by atoms with E-state index in [2.05, 4.69) is 30.3 Å². The Bertz CT molecular complexity index is 979. The van der Waals surface area contributed by atoms with E-state index in [1.165, 1.54) is 40.7 Å². The van der Waals surface area contributed by atoms with Crippen LogP contribution in [0.15, 0.2) is 30.3 Å². The van der Waals surface area contributed by atoms with Crippen LogP contribution in [0, 0.1) is 0 Å². The molecule has 28 heavy (non-hydrogen) atoms. The van der Waals surface area contributed by atoms with Crippen LogP contribution in [0.1, 0.15) is 49.3 Å². The van der Waals surface area contributed by atoms with Gasteiger partial charge in [-0.3, -0.25) is 9.59 Å². The number of carbonyl (C=O) groups excluding carboxylic acids is 2. The summed E-state index contributed by atoms with van der Waals surface area (Å²) in [5.41, 5.74) is 8.50. The van der Waals surface area contributed by atoms with Crippen molar-refractivity contribution in [2.24, 2.45) is 0 Å². The van der Waals surface area contributed by atoms with Crippen molar-refractivity contribution in [3.05, 3.63) is 47.0 Å². The van der Waals surface area contributed by atoms with E-state index >= 15 is 0 Å². The number of nitrogens with zero attached hydrogens (tertiary/aromatic N) is 2. The SMILES string of the molecule is CC(=O)N1CCc2cc(-c3cccc4c3CCCC4)cc(N3CCCC3=O)c21. The summed E-state index contributed by atoms with van der Waals surface area (Å²) in [6.45, 7) is 3.07. The molecule has 0 atom stereocenters. The number of amides is 2. The van der Waals surface area contributed by atoms with E-state index in [9.17, 15) is 9.59 Å². The fourth-order valence-corrected chi connectivity index (χ4v) is 5.15. The van der Waals surface area contributed by atoms with Gasteiger partial charge in [-0.25, -0.2) is 0 Å². The Balaban J connectivity index is 1.70. The standard InChI is InChI=1S/C24H26N2O2/c1-16(27)25-13-11-18-14-19(15-22(24(18)25)26-12-5-10-23(26)28)21-9-4-7-17-6-2-3-8-20(17)21/h4,7,9,14-15H,2-3,5-6,8,10-13H2,1H3. The van der Waals surface area contributed by atoms with Crippen molar-refractivity contribution in [1.29, 1.82) is 0 Å².